The lowest BCUT2D eigenvalue weighted by molar-refractivity contribution is -0.137. The Morgan fingerprint density at radius 1 is 0.895 bits per heavy atom. The molecule has 0 N–H and O–H groups in total. The van der Waals surface area contributed by atoms with E-state index in [0.29, 0.717) is 41.4 Å². The number of nitrogens with zero attached hydrogens (tertiary/aromatic N) is 3. The second-order valence-electron chi connectivity index (χ2n) is 10.5. The molecule has 38 heavy (non-hydrogen) atoms. The normalized spacial score (nSPS) is 19.0. The fourth-order valence-corrected chi connectivity index (χ4v) is 7.61. The maximum absolute atomic E-state index is 13.7. The van der Waals surface area contributed by atoms with Gasteiger partial charge >= 0.3 is 0 Å². The summed E-state index contributed by atoms with van der Waals surface area (Å²) in [6, 6.07) is 9.71. The van der Waals surface area contributed by atoms with Crippen LogP contribution in [0.4, 0.5) is 5.69 Å². The van der Waals surface area contributed by atoms with E-state index in [1.807, 2.05) is 4.90 Å². The van der Waals surface area contributed by atoms with Crippen molar-refractivity contribution in [1.29, 1.82) is 0 Å². The molecule has 1 unspecified atom stereocenters. The number of carbonyl (C=O) groups excluding carboxylic acids is 1. The van der Waals surface area contributed by atoms with Gasteiger partial charge in [0.15, 0.2) is 0 Å². The number of methoxy groups -OCH3 is 1. The van der Waals surface area contributed by atoms with Crippen LogP contribution < -0.4 is 9.64 Å². The molecule has 0 saturated carbocycles. The molecule has 8 nitrogen and oxygen atoms in total. The first-order valence-electron chi connectivity index (χ1n) is 13.5. The second kappa shape index (κ2) is 12.1. The summed E-state index contributed by atoms with van der Waals surface area (Å²) in [7, 11) is -2.13. The number of benzene rings is 2. The molecule has 0 aromatic heterocycles. The van der Waals surface area contributed by atoms with Crippen molar-refractivity contribution in [2.24, 2.45) is 0 Å². The van der Waals surface area contributed by atoms with Gasteiger partial charge in [0.1, 0.15) is 12.4 Å². The highest BCUT2D eigenvalue weighted by molar-refractivity contribution is 7.89. The molecule has 9 heteroatoms. The van der Waals surface area contributed by atoms with Crippen molar-refractivity contribution < 1.29 is 22.7 Å². The summed E-state index contributed by atoms with van der Waals surface area (Å²) in [6.45, 7) is 11.3. The molecule has 0 bridgehead atoms. The van der Waals surface area contributed by atoms with Crippen LogP contribution in [0.1, 0.15) is 41.5 Å². The van der Waals surface area contributed by atoms with Crippen molar-refractivity contribution in [3.8, 4) is 5.75 Å². The Morgan fingerprint density at radius 2 is 1.58 bits per heavy atom. The van der Waals surface area contributed by atoms with Gasteiger partial charge in [-0.3, -0.25) is 4.79 Å². The number of aryl methyl sites for hydroxylation is 4. The van der Waals surface area contributed by atoms with E-state index in [2.05, 4.69) is 36.9 Å². The van der Waals surface area contributed by atoms with Gasteiger partial charge < -0.3 is 19.3 Å². The molecule has 2 aromatic rings. The summed E-state index contributed by atoms with van der Waals surface area (Å²) in [6.07, 6.45) is 2.47. The Kier molecular flexibility index (Phi) is 9.00. The third kappa shape index (κ3) is 6.16. The van der Waals surface area contributed by atoms with Crippen LogP contribution >= 0.6 is 0 Å². The number of hydrogen-bond acceptors (Lipinski definition) is 6. The number of piperidine rings is 1. The van der Waals surface area contributed by atoms with Gasteiger partial charge in [-0.2, -0.15) is 4.31 Å². The topological polar surface area (TPSA) is 79.4 Å². The summed E-state index contributed by atoms with van der Waals surface area (Å²) in [5.74, 6) is 0.600. The average Bonchev–Trinajstić information content (AvgIpc) is 2.90. The molecule has 0 aliphatic carbocycles. The zero-order chi connectivity index (χ0) is 27.4. The average molecular weight is 544 g/mol. The molecule has 2 fully saturated rings. The van der Waals surface area contributed by atoms with Crippen molar-refractivity contribution in [1.82, 2.24) is 9.21 Å². The highest BCUT2D eigenvalue weighted by atomic mass is 32.2. The number of hydrogen-bond donors (Lipinski definition) is 0. The Hall–Kier alpha value is -2.62. The van der Waals surface area contributed by atoms with Crippen LogP contribution in [0.3, 0.4) is 0 Å². The minimum Gasteiger partial charge on any atom is -0.497 e. The van der Waals surface area contributed by atoms with Crippen molar-refractivity contribution in [3.63, 3.8) is 0 Å². The highest BCUT2D eigenvalue weighted by Crippen LogP contribution is 2.32. The number of amides is 1. The standard InChI is InChI=1S/C29H41N3O5S/c1-21-9-10-25(16-22(21)2)30-12-14-31(15-13-30)28(33)20-37-19-26-8-6-7-11-32(26)38(34,35)29-23(3)17-27(36-5)18-24(29)4/h9-10,16-18,26H,6-8,11-15,19-20H2,1-5H3. The van der Waals surface area contributed by atoms with Gasteiger partial charge in [-0.25, -0.2) is 8.42 Å². The minimum absolute atomic E-state index is 0.0331. The van der Waals surface area contributed by atoms with Crippen LogP contribution in [-0.4, -0.2) is 82.6 Å². The van der Waals surface area contributed by atoms with Gasteiger partial charge in [-0.05, 0) is 87.1 Å². The van der Waals surface area contributed by atoms with E-state index < -0.39 is 10.0 Å². The first kappa shape index (κ1) is 28.4. The second-order valence-corrected chi connectivity index (χ2v) is 12.3. The molecular weight excluding hydrogens is 502 g/mol. The van der Waals surface area contributed by atoms with Gasteiger partial charge in [0, 0.05) is 44.5 Å². The molecule has 1 amide bonds. The third-order valence-electron chi connectivity index (χ3n) is 7.83. The van der Waals surface area contributed by atoms with E-state index in [0.717, 1.165) is 32.4 Å². The Bertz CT molecular complexity index is 1230. The maximum Gasteiger partial charge on any atom is 0.248 e. The van der Waals surface area contributed by atoms with Crippen LogP contribution in [0.2, 0.25) is 0 Å². The molecule has 2 aliphatic heterocycles. The molecule has 4 rings (SSSR count). The van der Waals surface area contributed by atoms with Crippen LogP contribution in [0, 0.1) is 27.7 Å². The van der Waals surface area contributed by atoms with Gasteiger partial charge in [0.05, 0.1) is 18.6 Å². The zero-order valence-electron chi connectivity index (χ0n) is 23.3. The number of carbonyl (C=O) groups is 1. The van der Waals surface area contributed by atoms with E-state index in [4.69, 9.17) is 9.47 Å². The fraction of sp³-hybridized carbons (Fsp3) is 0.552. The predicted molar refractivity (Wildman–Crippen MR) is 150 cm³/mol. The number of sulfonamides is 1. The van der Waals surface area contributed by atoms with Crippen molar-refractivity contribution >= 4 is 21.6 Å². The van der Waals surface area contributed by atoms with E-state index in [1.165, 1.54) is 16.8 Å². The van der Waals surface area contributed by atoms with Crippen LogP contribution in [0.15, 0.2) is 35.2 Å². The monoisotopic (exact) mass is 543 g/mol. The lowest BCUT2D eigenvalue weighted by Crippen LogP contribution is -2.50. The maximum atomic E-state index is 13.7. The largest absolute Gasteiger partial charge is 0.497 e. The number of anilines is 1. The van der Waals surface area contributed by atoms with E-state index >= 15 is 0 Å². The third-order valence-corrected chi connectivity index (χ3v) is 10.1. The summed E-state index contributed by atoms with van der Waals surface area (Å²) in [4.78, 5) is 17.4. The van der Waals surface area contributed by atoms with Gasteiger partial charge in [-0.15, -0.1) is 0 Å². The van der Waals surface area contributed by atoms with E-state index in [-0.39, 0.29) is 25.2 Å². The Labute approximate surface area is 227 Å². The van der Waals surface area contributed by atoms with Gasteiger partial charge in [-0.1, -0.05) is 12.5 Å². The smallest absolute Gasteiger partial charge is 0.248 e. The summed E-state index contributed by atoms with van der Waals surface area (Å²) < 4.78 is 40.2. The molecule has 0 spiro atoms. The summed E-state index contributed by atoms with van der Waals surface area (Å²) >= 11 is 0. The molecule has 1 atom stereocenters. The Balaban J connectivity index is 1.33. The summed E-state index contributed by atoms with van der Waals surface area (Å²) in [5.41, 5.74) is 5.07. The molecule has 208 valence electrons. The lowest BCUT2D eigenvalue weighted by atomic mass is 10.1. The molecule has 2 saturated heterocycles. The minimum atomic E-state index is -3.71. The van der Waals surface area contributed by atoms with Crippen molar-refractivity contribution in [2.75, 3.05) is 57.9 Å². The van der Waals surface area contributed by atoms with E-state index in [9.17, 15) is 13.2 Å². The fourth-order valence-electron chi connectivity index (χ4n) is 5.52. The van der Waals surface area contributed by atoms with Gasteiger partial charge in [0.25, 0.3) is 0 Å². The molecular formula is C29H41N3O5S. The predicted octanol–water partition coefficient (Wildman–Crippen LogP) is 3.84. The number of rotatable bonds is 8. The number of ether oxygens (including phenoxy) is 2. The van der Waals surface area contributed by atoms with Crippen LogP contribution in [0.5, 0.6) is 5.75 Å². The van der Waals surface area contributed by atoms with Crippen LogP contribution in [0.25, 0.3) is 0 Å². The van der Waals surface area contributed by atoms with Crippen molar-refractivity contribution in [2.45, 2.75) is 57.9 Å². The number of piperazine rings is 1. The molecule has 2 aliphatic rings. The van der Waals surface area contributed by atoms with Crippen LogP contribution in [-0.2, 0) is 19.6 Å². The zero-order valence-corrected chi connectivity index (χ0v) is 24.1. The first-order chi connectivity index (χ1) is 18.1. The molecule has 0 radical (unpaired) electrons. The SMILES string of the molecule is COc1cc(C)c(S(=O)(=O)N2CCCCC2COCC(=O)N2CCN(c3ccc(C)c(C)c3)CC2)c(C)c1. The van der Waals surface area contributed by atoms with Crippen molar-refractivity contribution in [3.05, 3.63) is 52.6 Å². The highest BCUT2D eigenvalue weighted by Gasteiger charge is 2.36. The van der Waals surface area contributed by atoms with Gasteiger partial charge in [0.2, 0.25) is 15.9 Å². The lowest BCUT2D eigenvalue weighted by Gasteiger charge is -2.37. The molecule has 2 aromatic carbocycles. The Morgan fingerprint density at radius 3 is 2.21 bits per heavy atom. The van der Waals surface area contributed by atoms with E-state index in [1.54, 1.807) is 37.4 Å². The molecule has 2 heterocycles. The summed E-state index contributed by atoms with van der Waals surface area (Å²) in [5, 5.41) is 0. The quantitative estimate of drug-likeness (QED) is 0.504. The first-order valence-corrected chi connectivity index (χ1v) is 14.9.